The lowest BCUT2D eigenvalue weighted by atomic mass is 10.3. The monoisotopic (exact) mass is 419 g/mol. The van der Waals surface area contributed by atoms with Crippen molar-refractivity contribution >= 4 is 33.0 Å². The first kappa shape index (κ1) is 18.6. The molecule has 0 spiro atoms. The average molecular weight is 420 g/mol. The molecule has 0 atom stereocenters. The summed E-state index contributed by atoms with van der Waals surface area (Å²) in [4.78, 5) is -0.562. The predicted molar refractivity (Wildman–Crippen MR) is 90.6 cm³/mol. The summed E-state index contributed by atoms with van der Waals surface area (Å²) >= 11 is 5.91. The standard InChI is InChI=1S/C15H9ClF3N3O2S2/c16-10-6-8-11(9-7-10)22-14(25-13(20-22)15(17,18)19)21-26(23,24)12-4-2-1-3-5-12/h1-9H/b21-14-. The zero-order chi connectivity index (χ0) is 18.9. The van der Waals surface area contributed by atoms with Gasteiger partial charge in [0, 0.05) is 5.02 Å². The molecule has 3 rings (SSSR count). The Labute approximate surface area is 155 Å². The molecule has 0 aliphatic heterocycles. The van der Waals surface area contributed by atoms with Crippen LogP contribution in [0.15, 0.2) is 63.9 Å². The van der Waals surface area contributed by atoms with Crippen LogP contribution in [0, 0.1) is 0 Å². The minimum Gasteiger partial charge on any atom is -0.204 e. The van der Waals surface area contributed by atoms with Crippen LogP contribution in [0.2, 0.25) is 5.02 Å². The summed E-state index contributed by atoms with van der Waals surface area (Å²) in [6.07, 6.45) is -4.73. The van der Waals surface area contributed by atoms with Crippen molar-refractivity contribution in [3.63, 3.8) is 0 Å². The third-order valence-corrected chi connectivity index (χ3v) is 5.71. The molecule has 5 nitrogen and oxygen atoms in total. The molecule has 0 amide bonds. The zero-order valence-electron chi connectivity index (χ0n) is 12.7. The third-order valence-electron chi connectivity index (χ3n) is 3.11. The Morgan fingerprint density at radius 1 is 1.04 bits per heavy atom. The predicted octanol–water partition coefficient (Wildman–Crippen LogP) is 3.90. The van der Waals surface area contributed by atoms with E-state index < -0.39 is 26.0 Å². The van der Waals surface area contributed by atoms with E-state index in [1.54, 1.807) is 6.07 Å². The fraction of sp³-hybridized carbons (Fsp3) is 0.0667. The molecule has 0 radical (unpaired) electrons. The average Bonchev–Trinajstić information content (AvgIpc) is 3.00. The number of hydrogen-bond acceptors (Lipinski definition) is 4. The second kappa shape index (κ2) is 6.86. The molecule has 3 aromatic rings. The summed E-state index contributed by atoms with van der Waals surface area (Å²) in [5.74, 6) is 0. The van der Waals surface area contributed by atoms with Crippen molar-refractivity contribution in [1.82, 2.24) is 9.78 Å². The maximum Gasteiger partial charge on any atom is 0.445 e. The van der Waals surface area contributed by atoms with Crippen molar-refractivity contribution in [2.45, 2.75) is 11.1 Å². The number of benzene rings is 2. The van der Waals surface area contributed by atoms with Crippen molar-refractivity contribution in [3.05, 3.63) is 69.4 Å². The highest BCUT2D eigenvalue weighted by molar-refractivity contribution is 7.90. The molecule has 0 N–H and O–H groups in total. The van der Waals surface area contributed by atoms with Crippen molar-refractivity contribution < 1.29 is 21.6 Å². The van der Waals surface area contributed by atoms with Crippen molar-refractivity contribution in [1.29, 1.82) is 0 Å². The second-order valence-corrected chi connectivity index (χ2v) is 7.95. The Morgan fingerprint density at radius 2 is 1.65 bits per heavy atom. The van der Waals surface area contributed by atoms with Gasteiger partial charge in [-0.3, -0.25) is 0 Å². The summed E-state index contributed by atoms with van der Waals surface area (Å²) in [7, 11) is -4.20. The van der Waals surface area contributed by atoms with E-state index in [1.165, 1.54) is 48.5 Å². The van der Waals surface area contributed by atoms with Gasteiger partial charge in [-0.05, 0) is 36.4 Å². The summed E-state index contributed by atoms with van der Waals surface area (Å²) < 4.78 is 68.3. The normalized spacial score (nSPS) is 13.2. The number of hydrogen-bond donors (Lipinski definition) is 0. The molecule has 0 fully saturated rings. The summed E-state index contributed by atoms with van der Waals surface area (Å²) in [6, 6.07) is 12.9. The van der Waals surface area contributed by atoms with E-state index in [-0.39, 0.29) is 21.9 Å². The van der Waals surface area contributed by atoms with Crippen LogP contribution in [-0.4, -0.2) is 18.2 Å². The maximum atomic E-state index is 13.0. The van der Waals surface area contributed by atoms with Gasteiger partial charge in [0.1, 0.15) is 0 Å². The van der Waals surface area contributed by atoms with E-state index in [2.05, 4.69) is 9.50 Å². The summed E-state index contributed by atoms with van der Waals surface area (Å²) in [6.45, 7) is 0. The second-order valence-electron chi connectivity index (χ2n) is 4.96. The van der Waals surface area contributed by atoms with Crippen LogP contribution in [0.5, 0.6) is 0 Å². The molecule has 26 heavy (non-hydrogen) atoms. The molecule has 1 heterocycles. The molecule has 11 heteroatoms. The first-order valence-corrected chi connectivity index (χ1v) is 9.60. The number of nitrogens with zero attached hydrogens (tertiary/aromatic N) is 3. The summed E-state index contributed by atoms with van der Waals surface area (Å²) in [5.41, 5.74) is 0.197. The largest absolute Gasteiger partial charge is 0.445 e. The van der Waals surface area contributed by atoms with Crippen molar-refractivity contribution in [2.75, 3.05) is 0 Å². The van der Waals surface area contributed by atoms with Gasteiger partial charge in [-0.25, -0.2) is 4.68 Å². The van der Waals surface area contributed by atoms with Gasteiger partial charge in [0.05, 0.1) is 10.6 Å². The van der Waals surface area contributed by atoms with Crippen LogP contribution in [0.4, 0.5) is 13.2 Å². The molecule has 1 aromatic heterocycles. The van der Waals surface area contributed by atoms with Gasteiger partial charge in [-0.2, -0.15) is 21.6 Å². The minimum atomic E-state index is -4.73. The van der Waals surface area contributed by atoms with Crippen LogP contribution in [0.3, 0.4) is 0 Å². The number of alkyl halides is 3. The lowest BCUT2D eigenvalue weighted by Gasteiger charge is -2.02. The van der Waals surface area contributed by atoms with E-state index in [1.807, 2.05) is 0 Å². The number of aromatic nitrogens is 2. The molecule has 0 unspecified atom stereocenters. The van der Waals surface area contributed by atoms with Crippen LogP contribution < -0.4 is 4.80 Å². The van der Waals surface area contributed by atoms with Gasteiger partial charge in [-0.1, -0.05) is 41.1 Å². The number of sulfonamides is 1. The Morgan fingerprint density at radius 3 is 2.23 bits per heavy atom. The molecule has 0 aliphatic carbocycles. The quantitative estimate of drug-likeness (QED) is 0.646. The van der Waals surface area contributed by atoms with Gasteiger partial charge in [-0.15, -0.1) is 9.50 Å². The Kier molecular flexibility index (Phi) is 4.91. The lowest BCUT2D eigenvalue weighted by molar-refractivity contribution is -0.138. The van der Waals surface area contributed by atoms with Crippen LogP contribution >= 0.6 is 22.9 Å². The molecular formula is C15H9ClF3N3O2S2. The van der Waals surface area contributed by atoms with E-state index >= 15 is 0 Å². The lowest BCUT2D eigenvalue weighted by Crippen LogP contribution is -2.17. The Hall–Kier alpha value is -2.17. The molecule has 0 saturated heterocycles. The van der Waals surface area contributed by atoms with E-state index in [9.17, 15) is 21.6 Å². The van der Waals surface area contributed by atoms with Gasteiger partial charge >= 0.3 is 6.18 Å². The maximum absolute atomic E-state index is 13.0. The molecule has 2 aromatic carbocycles. The first-order valence-electron chi connectivity index (χ1n) is 6.96. The highest BCUT2D eigenvalue weighted by atomic mass is 35.5. The van der Waals surface area contributed by atoms with E-state index in [0.29, 0.717) is 5.02 Å². The minimum absolute atomic E-state index is 0.135. The van der Waals surface area contributed by atoms with Gasteiger partial charge in [0.25, 0.3) is 10.0 Å². The highest BCUT2D eigenvalue weighted by Crippen LogP contribution is 2.29. The van der Waals surface area contributed by atoms with Crippen molar-refractivity contribution in [3.8, 4) is 5.69 Å². The molecule has 0 aliphatic rings. The van der Waals surface area contributed by atoms with Crippen LogP contribution in [0.25, 0.3) is 5.69 Å². The molecular weight excluding hydrogens is 411 g/mol. The van der Waals surface area contributed by atoms with Crippen molar-refractivity contribution in [2.24, 2.45) is 4.40 Å². The fourth-order valence-corrected chi connectivity index (χ4v) is 4.06. The highest BCUT2D eigenvalue weighted by Gasteiger charge is 2.36. The Balaban J connectivity index is 2.23. The van der Waals surface area contributed by atoms with E-state index in [4.69, 9.17) is 11.6 Å². The van der Waals surface area contributed by atoms with Gasteiger partial charge in [0.2, 0.25) is 9.81 Å². The fourth-order valence-electron chi connectivity index (χ4n) is 1.95. The topological polar surface area (TPSA) is 64.3 Å². The molecule has 0 saturated carbocycles. The SMILES string of the molecule is O=S(=O)(/N=c1\sc(C(F)(F)F)nn1-c1ccc(Cl)cc1)c1ccccc1. The van der Waals surface area contributed by atoms with Gasteiger partial charge < -0.3 is 0 Å². The zero-order valence-corrected chi connectivity index (χ0v) is 15.1. The number of rotatable bonds is 3. The van der Waals surface area contributed by atoms with Crippen LogP contribution in [-0.2, 0) is 16.2 Å². The third kappa shape index (κ3) is 3.97. The van der Waals surface area contributed by atoms with Gasteiger partial charge in [0.15, 0.2) is 0 Å². The number of halogens is 4. The Bertz CT molecular complexity index is 1090. The first-order chi connectivity index (χ1) is 12.2. The molecule has 136 valence electrons. The molecule has 0 bridgehead atoms. The van der Waals surface area contributed by atoms with E-state index in [0.717, 1.165) is 4.68 Å². The van der Waals surface area contributed by atoms with Crippen LogP contribution in [0.1, 0.15) is 5.01 Å². The smallest absolute Gasteiger partial charge is 0.204 e. The summed E-state index contributed by atoms with van der Waals surface area (Å²) in [5, 5.41) is 2.63.